The first-order valence-corrected chi connectivity index (χ1v) is 10.3. The van der Waals surface area contributed by atoms with E-state index in [0.717, 1.165) is 28.8 Å². The van der Waals surface area contributed by atoms with Gasteiger partial charge in [-0.2, -0.15) is 0 Å². The summed E-state index contributed by atoms with van der Waals surface area (Å²) in [6.45, 7) is 6.61. The molecule has 0 N–H and O–H groups in total. The Hall–Kier alpha value is -2.86. The fourth-order valence-corrected chi connectivity index (χ4v) is 4.03. The van der Waals surface area contributed by atoms with E-state index in [1.165, 1.54) is 11.3 Å². The molecular weight excluding hydrogens is 372 g/mol. The van der Waals surface area contributed by atoms with E-state index in [9.17, 15) is 4.79 Å². The van der Waals surface area contributed by atoms with Crippen LogP contribution in [0.4, 0.5) is 0 Å². The Morgan fingerprint density at radius 2 is 2.00 bits per heavy atom. The first kappa shape index (κ1) is 18.5. The average Bonchev–Trinajstić information content (AvgIpc) is 3.20. The van der Waals surface area contributed by atoms with E-state index in [1.54, 1.807) is 4.40 Å². The summed E-state index contributed by atoms with van der Waals surface area (Å²) in [6, 6.07) is 13.4. The predicted molar refractivity (Wildman–Crippen MR) is 114 cm³/mol. The fraction of sp³-hybridized carbons (Fsp3) is 0.273. The number of rotatable bonds is 6. The summed E-state index contributed by atoms with van der Waals surface area (Å²) in [5, 5.41) is 0. The van der Waals surface area contributed by atoms with Crippen molar-refractivity contribution in [1.82, 2.24) is 9.38 Å². The Bertz CT molecular complexity index is 1240. The van der Waals surface area contributed by atoms with Gasteiger partial charge in [0.15, 0.2) is 16.5 Å². The Morgan fingerprint density at radius 1 is 1.18 bits per heavy atom. The summed E-state index contributed by atoms with van der Waals surface area (Å²) in [4.78, 5) is 18.2. The van der Waals surface area contributed by atoms with Gasteiger partial charge in [-0.25, -0.2) is 9.38 Å². The smallest absolute Gasteiger partial charge is 0.274 e. The van der Waals surface area contributed by atoms with Crippen molar-refractivity contribution in [2.75, 3.05) is 6.61 Å². The summed E-state index contributed by atoms with van der Waals surface area (Å²) in [6.07, 6.45) is 2.91. The second kappa shape index (κ2) is 7.64. The molecule has 144 valence electrons. The van der Waals surface area contributed by atoms with Crippen LogP contribution < -0.4 is 19.6 Å². The van der Waals surface area contributed by atoms with Crippen molar-refractivity contribution in [1.29, 1.82) is 0 Å². The van der Waals surface area contributed by atoms with Gasteiger partial charge in [0, 0.05) is 0 Å². The Kier molecular flexibility index (Phi) is 5.05. The number of aromatic nitrogens is 2. The average molecular weight is 394 g/mol. The standard InChI is InChI=1S/C22H22N2O3S/c1-4-14(3)27-18-11-10-15(12-19(18)26-5-2)13-20-21(25)24-17-9-7-6-8-16(17)23-22(24)28-20/h6-14H,4-5H2,1-3H3/b20-13+. The zero-order valence-corrected chi connectivity index (χ0v) is 17.0. The largest absolute Gasteiger partial charge is 0.490 e. The third kappa shape index (κ3) is 3.36. The molecule has 1 unspecified atom stereocenters. The van der Waals surface area contributed by atoms with Crippen molar-refractivity contribution >= 4 is 33.4 Å². The molecule has 28 heavy (non-hydrogen) atoms. The van der Waals surface area contributed by atoms with E-state index >= 15 is 0 Å². The van der Waals surface area contributed by atoms with E-state index in [1.807, 2.05) is 62.4 Å². The zero-order valence-electron chi connectivity index (χ0n) is 16.1. The third-order valence-corrected chi connectivity index (χ3v) is 5.58. The van der Waals surface area contributed by atoms with E-state index < -0.39 is 0 Å². The maximum absolute atomic E-state index is 12.9. The van der Waals surface area contributed by atoms with Gasteiger partial charge < -0.3 is 9.47 Å². The van der Waals surface area contributed by atoms with Gasteiger partial charge in [0.05, 0.1) is 28.3 Å². The third-order valence-electron chi connectivity index (χ3n) is 4.61. The Morgan fingerprint density at radius 3 is 2.79 bits per heavy atom. The number of hydrogen-bond donors (Lipinski definition) is 0. The number of thiazole rings is 1. The van der Waals surface area contributed by atoms with Gasteiger partial charge in [-0.3, -0.25) is 4.79 Å². The lowest BCUT2D eigenvalue weighted by Crippen LogP contribution is -2.22. The highest BCUT2D eigenvalue weighted by atomic mass is 32.1. The number of imidazole rings is 1. The molecule has 0 saturated heterocycles. The van der Waals surface area contributed by atoms with Gasteiger partial charge in [0.25, 0.3) is 5.56 Å². The minimum absolute atomic E-state index is 0.0495. The SMILES string of the molecule is CCOc1cc(/C=c2/sc3nc4ccccc4n3c2=O)ccc1OC(C)CC. The number of ether oxygens (including phenoxy) is 2. The molecule has 0 spiro atoms. The van der Waals surface area contributed by atoms with E-state index in [2.05, 4.69) is 11.9 Å². The van der Waals surface area contributed by atoms with Crippen LogP contribution in [-0.4, -0.2) is 22.1 Å². The fourth-order valence-electron chi connectivity index (χ4n) is 3.04. The molecule has 0 amide bonds. The predicted octanol–water partition coefficient (Wildman–Crippen LogP) is 4.03. The lowest BCUT2D eigenvalue weighted by Gasteiger charge is -2.16. The second-order valence-corrected chi connectivity index (χ2v) is 7.62. The van der Waals surface area contributed by atoms with Gasteiger partial charge in [-0.05, 0) is 56.2 Å². The minimum Gasteiger partial charge on any atom is -0.490 e. The molecule has 0 bridgehead atoms. The number of nitrogens with zero attached hydrogens (tertiary/aromatic N) is 2. The molecule has 0 fully saturated rings. The molecule has 4 rings (SSSR count). The summed E-state index contributed by atoms with van der Waals surface area (Å²) < 4.78 is 14.0. The molecule has 1 atom stereocenters. The molecule has 2 heterocycles. The van der Waals surface area contributed by atoms with Gasteiger partial charge >= 0.3 is 0 Å². The highest BCUT2D eigenvalue weighted by Gasteiger charge is 2.12. The maximum Gasteiger partial charge on any atom is 0.274 e. The normalized spacial score (nSPS) is 13.3. The molecule has 2 aromatic carbocycles. The summed E-state index contributed by atoms with van der Waals surface area (Å²) in [5.74, 6) is 1.42. The molecule has 2 aromatic heterocycles. The molecule has 4 aromatic rings. The van der Waals surface area contributed by atoms with Crippen LogP contribution in [0, 0.1) is 0 Å². The highest BCUT2D eigenvalue weighted by Crippen LogP contribution is 2.30. The van der Waals surface area contributed by atoms with Gasteiger partial charge in [-0.15, -0.1) is 0 Å². The first-order chi connectivity index (χ1) is 13.6. The number of fused-ring (bicyclic) bond motifs is 3. The molecule has 0 aliphatic carbocycles. The monoisotopic (exact) mass is 394 g/mol. The van der Waals surface area contributed by atoms with Gasteiger partial charge in [-0.1, -0.05) is 36.5 Å². The van der Waals surface area contributed by atoms with Crippen LogP contribution in [0.3, 0.4) is 0 Å². The molecule has 6 heteroatoms. The Labute approximate surface area is 166 Å². The maximum atomic E-state index is 12.9. The zero-order chi connectivity index (χ0) is 19.7. The van der Waals surface area contributed by atoms with Crippen LogP contribution in [-0.2, 0) is 0 Å². The van der Waals surface area contributed by atoms with Crippen LogP contribution >= 0.6 is 11.3 Å². The van der Waals surface area contributed by atoms with E-state index in [0.29, 0.717) is 21.8 Å². The molecule has 0 radical (unpaired) electrons. The number of benzene rings is 2. The lowest BCUT2D eigenvalue weighted by molar-refractivity contribution is 0.203. The quantitative estimate of drug-likeness (QED) is 0.495. The highest BCUT2D eigenvalue weighted by molar-refractivity contribution is 7.15. The van der Waals surface area contributed by atoms with Crippen molar-refractivity contribution in [2.45, 2.75) is 33.3 Å². The summed E-state index contributed by atoms with van der Waals surface area (Å²) in [5.41, 5.74) is 2.52. The second-order valence-electron chi connectivity index (χ2n) is 6.61. The Balaban J connectivity index is 1.79. The molecular formula is C22H22N2O3S. The topological polar surface area (TPSA) is 52.8 Å². The van der Waals surface area contributed by atoms with Crippen LogP contribution in [0.25, 0.3) is 22.1 Å². The first-order valence-electron chi connectivity index (χ1n) is 9.46. The summed E-state index contributed by atoms with van der Waals surface area (Å²) in [7, 11) is 0. The van der Waals surface area contributed by atoms with Crippen LogP contribution in [0.15, 0.2) is 47.3 Å². The van der Waals surface area contributed by atoms with Crippen molar-refractivity contribution in [3.63, 3.8) is 0 Å². The van der Waals surface area contributed by atoms with Crippen LogP contribution in [0.5, 0.6) is 11.5 Å². The molecule has 0 aliphatic rings. The van der Waals surface area contributed by atoms with Gasteiger partial charge in [0.2, 0.25) is 0 Å². The van der Waals surface area contributed by atoms with E-state index in [-0.39, 0.29) is 11.7 Å². The number of hydrogen-bond acceptors (Lipinski definition) is 5. The van der Waals surface area contributed by atoms with Gasteiger partial charge in [0.1, 0.15) is 0 Å². The van der Waals surface area contributed by atoms with Crippen molar-refractivity contribution in [3.05, 3.63) is 62.9 Å². The van der Waals surface area contributed by atoms with Crippen molar-refractivity contribution < 1.29 is 9.47 Å². The summed E-state index contributed by atoms with van der Waals surface area (Å²) >= 11 is 1.39. The molecule has 0 aliphatic heterocycles. The van der Waals surface area contributed by atoms with E-state index in [4.69, 9.17) is 9.47 Å². The minimum atomic E-state index is -0.0495. The van der Waals surface area contributed by atoms with Crippen LogP contribution in [0.2, 0.25) is 0 Å². The number of para-hydroxylation sites is 2. The van der Waals surface area contributed by atoms with Crippen LogP contribution in [0.1, 0.15) is 32.8 Å². The van der Waals surface area contributed by atoms with Crippen molar-refractivity contribution in [2.24, 2.45) is 0 Å². The lowest BCUT2D eigenvalue weighted by atomic mass is 10.2. The molecule has 5 nitrogen and oxygen atoms in total. The molecule has 0 saturated carbocycles. The van der Waals surface area contributed by atoms with Crippen molar-refractivity contribution in [3.8, 4) is 11.5 Å².